The Morgan fingerprint density at radius 2 is 1.29 bits per heavy atom. The van der Waals surface area contributed by atoms with E-state index in [9.17, 15) is 9.59 Å². The van der Waals surface area contributed by atoms with Crippen LogP contribution in [-0.2, 0) is 10.3 Å². The molecule has 2 aromatic carbocycles. The number of benzene rings is 2. The first kappa shape index (κ1) is 19.9. The predicted octanol–water partition coefficient (Wildman–Crippen LogP) is 3.38. The SMILES string of the molecule is COc1ccc(C2(c3ccc(OC)cc3)NC(=O)N(C[Si](C)(C)C)C2=O)cc1. The zero-order chi connectivity index (χ0) is 20.5. The van der Waals surface area contributed by atoms with Crippen LogP contribution in [0.3, 0.4) is 0 Å². The Hall–Kier alpha value is -2.80. The van der Waals surface area contributed by atoms with Crippen LogP contribution in [0.4, 0.5) is 4.79 Å². The van der Waals surface area contributed by atoms with Crippen molar-refractivity contribution in [1.82, 2.24) is 10.2 Å². The number of urea groups is 1. The van der Waals surface area contributed by atoms with E-state index in [1.54, 1.807) is 38.5 Å². The molecule has 2 aromatic rings. The number of nitrogens with zero attached hydrogens (tertiary/aromatic N) is 1. The fourth-order valence-electron chi connectivity index (χ4n) is 3.43. The Morgan fingerprint density at radius 3 is 1.64 bits per heavy atom. The lowest BCUT2D eigenvalue weighted by molar-refractivity contribution is -0.129. The summed E-state index contributed by atoms with van der Waals surface area (Å²) in [4.78, 5) is 27.8. The maximum Gasteiger partial charge on any atom is 0.325 e. The molecule has 1 aliphatic rings. The van der Waals surface area contributed by atoms with E-state index in [1.807, 2.05) is 24.3 Å². The third-order valence-electron chi connectivity index (χ3n) is 4.78. The summed E-state index contributed by atoms with van der Waals surface area (Å²) in [5, 5.41) is 2.98. The van der Waals surface area contributed by atoms with Gasteiger partial charge in [0.2, 0.25) is 0 Å². The zero-order valence-corrected chi connectivity index (χ0v) is 17.9. The summed E-state index contributed by atoms with van der Waals surface area (Å²) in [6.45, 7) is 6.40. The first-order chi connectivity index (χ1) is 13.2. The van der Waals surface area contributed by atoms with Crippen molar-refractivity contribution in [2.75, 3.05) is 20.4 Å². The number of methoxy groups -OCH3 is 2. The molecule has 0 unspecified atom stereocenters. The van der Waals surface area contributed by atoms with Crippen LogP contribution >= 0.6 is 0 Å². The smallest absolute Gasteiger partial charge is 0.325 e. The molecule has 1 fully saturated rings. The van der Waals surface area contributed by atoms with E-state index < -0.39 is 13.6 Å². The minimum Gasteiger partial charge on any atom is -0.497 e. The summed E-state index contributed by atoms with van der Waals surface area (Å²) in [5.74, 6) is 1.11. The van der Waals surface area contributed by atoms with Crippen LogP contribution in [0.2, 0.25) is 19.6 Å². The van der Waals surface area contributed by atoms with Crippen LogP contribution in [-0.4, -0.2) is 45.3 Å². The summed E-state index contributed by atoms with van der Waals surface area (Å²) < 4.78 is 10.5. The average Bonchev–Trinajstić information content (AvgIpc) is 2.92. The number of ether oxygens (including phenoxy) is 2. The molecule has 1 saturated heterocycles. The third kappa shape index (κ3) is 3.49. The molecule has 3 rings (SSSR count). The second-order valence-corrected chi connectivity index (χ2v) is 13.5. The minimum atomic E-state index is -1.70. The molecule has 3 amide bonds. The van der Waals surface area contributed by atoms with Crippen molar-refractivity contribution in [2.24, 2.45) is 0 Å². The van der Waals surface area contributed by atoms with Gasteiger partial charge in [-0.25, -0.2) is 4.79 Å². The first-order valence-corrected chi connectivity index (χ1v) is 12.8. The third-order valence-corrected chi connectivity index (χ3v) is 6.05. The highest BCUT2D eigenvalue weighted by atomic mass is 28.3. The number of carbonyl (C=O) groups excluding carboxylic acids is 2. The van der Waals surface area contributed by atoms with Gasteiger partial charge in [0.05, 0.1) is 22.3 Å². The Balaban J connectivity index is 2.14. The molecule has 7 heteroatoms. The monoisotopic (exact) mass is 398 g/mol. The number of rotatable bonds is 6. The number of hydrogen-bond donors (Lipinski definition) is 1. The van der Waals surface area contributed by atoms with Crippen LogP contribution < -0.4 is 14.8 Å². The van der Waals surface area contributed by atoms with Crippen molar-refractivity contribution in [1.29, 1.82) is 0 Å². The molecule has 148 valence electrons. The van der Waals surface area contributed by atoms with Crippen LogP contribution in [0.25, 0.3) is 0 Å². The summed E-state index contributed by atoms with van der Waals surface area (Å²) >= 11 is 0. The Bertz CT molecular complexity index is 825. The molecule has 0 aliphatic carbocycles. The highest BCUT2D eigenvalue weighted by Crippen LogP contribution is 2.37. The molecule has 1 aliphatic heterocycles. The molecule has 28 heavy (non-hydrogen) atoms. The largest absolute Gasteiger partial charge is 0.497 e. The van der Waals surface area contributed by atoms with E-state index >= 15 is 0 Å². The predicted molar refractivity (Wildman–Crippen MR) is 110 cm³/mol. The second kappa shape index (κ2) is 7.31. The Labute approximate surface area is 166 Å². The van der Waals surface area contributed by atoms with Crippen molar-refractivity contribution >= 4 is 20.0 Å². The summed E-state index contributed by atoms with van der Waals surface area (Å²) in [7, 11) is 1.48. The standard InChI is InChI=1S/C21H26N2O4Si/c1-26-17-10-6-15(7-11-17)21(16-8-12-18(27-2)13-9-16)19(24)23(20(25)22-21)14-28(3,4)5/h6-13H,14H2,1-5H3,(H,22,25). The lowest BCUT2D eigenvalue weighted by Gasteiger charge is -2.29. The maximum absolute atomic E-state index is 13.6. The summed E-state index contributed by atoms with van der Waals surface area (Å²) in [6.07, 6.45) is 0.464. The van der Waals surface area contributed by atoms with Gasteiger partial charge in [-0.15, -0.1) is 0 Å². The highest BCUT2D eigenvalue weighted by molar-refractivity contribution is 6.76. The minimum absolute atomic E-state index is 0.254. The van der Waals surface area contributed by atoms with Gasteiger partial charge in [-0.3, -0.25) is 9.69 Å². The molecule has 0 radical (unpaired) electrons. The molecular weight excluding hydrogens is 372 g/mol. The van der Waals surface area contributed by atoms with E-state index in [-0.39, 0.29) is 11.9 Å². The van der Waals surface area contributed by atoms with Crippen molar-refractivity contribution in [3.63, 3.8) is 0 Å². The number of hydrogen-bond acceptors (Lipinski definition) is 4. The number of imide groups is 1. The second-order valence-electron chi connectivity index (χ2n) is 8.09. The number of nitrogens with one attached hydrogen (secondary N) is 1. The first-order valence-electron chi connectivity index (χ1n) is 9.14. The number of amides is 3. The molecule has 1 N–H and O–H groups in total. The molecule has 0 saturated carbocycles. The van der Waals surface area contributed by atoms with Gasteiger partial charge in [0.15, 0.2) is 5.54 Å². The van der Waals surface area contributed by atoms with Crippen molar-refractivity contribution in [3.05, 3.63) is 59.7 Å². The average molecular weight is 399 g/mol. The molecule has 1 heterocycles. The van der Waals surface area contributed by atoms with Crippen LogP contribution in [0.15, 0.2) is 48.5 Å². The van der Waals surface area contributed by atoms with Gasteiger partial charge in [-0.2, -0.15) is 0 Å². The van der Waals surface area contributed by atoms with Crippen molar-refractivity contribution < 1.29 is 19.1 Å². The molecule has 0 spiro atoms. The molecule has 6 nitrogen and oxygen atoms in total. The fourth-order valence-corrected chi connectivity index (χ4v) is 4.67. The highest BCUT2D eigenvalue weighted by Gasteiger charge is 2.54. The Kier molecular flexibility index (Phi) is 5.21. The van der Waals surface area contributed by atoms with Gasteiger partial charge in [0.1, 0.15) is 11.5 Å². The van der Waals surface area contributed by atoms with Crippen LogP contribution in [0, 0.1) is 0 Å². The van der Waals surface area contributed by atoms with Gasteiger partial charge in [0.25, 0.3) is 5.91 Å². The fraction of sp³-hybridized carbons (Fsp3) is 0.333. The van der Waals surface area contributed by atoms with E-state index in [0.29, 0.717) is 28.8 Å². The van der Waals surface area contributed by atoms with Gasteiger partial charge >= 0.3 is 6.03 Å². The van der Waals surface area contributed by atoms with Gasteiger partial charge < -0.3 is 14.8 Å². The molecule has 0 bridgehead atoms. The lowest BCUT2D eigenvalue weighted by Crippen LogP contribution is -2.47. The van der Waals surface area contributed by atoms with E-state index in [4.69, 9.17) is 9.47 Å². The van der Waals surface area contributed by atoms with Crippen molar-refractivity contribution in [3.8, 4) is 11.5 Å². The summed E-state index contributed by atoms with van der Waals surface area (Å²) in [5.41, 5.74) is 0.111. The van der Waals surface area contributed by atoms with E-state index in [2.05, 4.69) is 25.0 Å². The van der Waals surface area contributed by atoms with Gasteiger partial charge in [-0.1, -0.05) is 43.9 Å². The molecule has 0 aromatic heterocycles. The van der Waals surface area contributed by atoms with E-state index in [0.717, 1.165) is 0 Å². The van der Waals surface area contributed by atoms with Gasteiger partial charge in [0, 0.05) is 6.17 Å². The Morgan fingerprint density at radius 1 is 0.857 bits per heavy atom. The van der Waals surface area contributed by atoms with Crippen LogP contribution in [0.1, 0.15) is 11.1 Å². The number of carbonyl (C=O) groups is 2. The molecular formula is C21H26N2O4Si. The topological polar surface area (TPSA) is 67.9 Å². The quantitative estimate of drug-likeness (QED) is 0.598. The lowest BCUT2D eigenvalue weighted by atomic mass is 9.82. The van der Waals surface area contributed by atoms with Crippen LogP contribution in [0.5, 0.6) is 11.5 Å². The zero-order valence-electron chi connectivity index (χ0n) is 16.9. The molecule has 0 atom stereocenters. The summed E-state index contributed by atoms with van der Waals surface area (Å²) in [6, 6.07) is 14.1. The normalized spacial score (nSPS) is 16.1. The van der Waals surface area contributed by atoms with E-state index in [1.165, 1.54) is 4.90 Å². The van der Waals surface area contributed by atoms with Gasteiger partial charge in [-0.05, 0) is 35.4 Å². The maximum atomic E-state index is 13.6. The van der Waals surface area contributed by atoms with Crippen molar-refractivity contribution in [2.45, 2.75) is 25.2 Å².